The summed E-state index contributed by atoms with van der Waals surface area (Å²) >= 11 is 0. The van der Waals surface area contributed by atoms with Crippen LogP contribution in [0.4, 0.5) is 0 Å². The average molecular weight is 267 g/mol. The number of nitrogens with zero attached hydrogens (tertiary/aromatic N) is 1. The van der Waals surface area contributed by atoms with Crippen LogP contribution in [0.15, 0.2) is 16.7 Å². The zero-order chi connectivity index (χ0) is 14.4. The van der Waals surface area contributed by atoms with Crippen molar-refractivity contribution in [3.05, 3.63) is 23.7 Å². The number of carboxylic acid groups (broad SMARTS) is 1. The molecule has 0 aromatic carbocycles. The molecule has 0 saturated heterocycles. The molecule has 5 heteroatoms. The van der Waals surface area contributed by atoms with Crippen LogP contribution >= 0.6 is 0 Å². The van der Waals surface area contributed by atoms with Gasteiger partial charge in [-0.15, -0.1) is 0 Å². The quantitative estimate of drug-likeness (QED) is 0.823. The Labute approximate surface area is 113 Å². The van der Waals surface area contributed by atoms with E-state index in [9.17, 15) is 9.59 Å². The first-order valence-electron chi connectivity index (χ1n) is 6.53. The minimum atomic E-state index is -1.01. The molecular weight excluding hydrogens is 246 g/mol. The van der Waals surface area contributed by atoms with E-state index in [1.807, 2.05) is 20.8 Å². The minimum Gasteiger partial charge on any atom is -0.480 e. The summed E-state index contributed by atoms with van der Waals surface area (Å²) < 4.78 is 5.29. The van der Waals surface area contributed by atoms with Crippen molar-refractivity contribution in [3.63, 3.8) is 0 Å². The SMILES string of the molecule is CCCc1occc1C(=O)N(CC(=O)O)CC(C)C. The van der Waals surface area contributed by atoms with Gasteiger partial charge in [-0.2, -0.15) is 0 Å². The lowest BCUT2D eigenvalue weighted by Gasteiger charge is -2.22. The monoisotopic (exact) mass is 267 g/mol. The van der Waals surface area contributed by atoms with Crippen LogP contribution in [0.5, 0.6) is 0 Å². The van der Waals surface area contributed by atoms with Gasteiger partial charge in [0.15, 0.2) is 0 Å². The summed E-state index contributed by atoms with van der Waals surface area (Å²) in [4.78, 5) is 24.6. The van der Waals surface area contributed by atoms with Crippen LogP contribution in [0.2, 0.25) is 0 Å². The van der Waals surface area contributed by atoms with Crippen molar-refractivity contribution in [2.75, 3.05) is 13.1 Å². The zero-order valence-corrected chi connectivity index (χ0v) is 11.7. The van der Waals surface area contributed by atoms with Crippen molar-refractivity contribution in [2.24, 2.45) is 5.92 Å². The first-order chi connectivity index (χ1) is 8.95. The molecule has 0 spiro atoms. The van der Waals surface area contributed by atoms with Gasteiger partial charge in [-0.3, -0.25) is 9.59 Å². The lowest BCUT2D eigenvalue weighted by molar-refractivity contribution is -0.137. The van der Waals surface area contributed by atoms with Crippen LogP contribution in [0.3, 0.4) is 0 Å². The summed E-state index contributed by atoms with van der Waals surface area (Å²) in [6.45, 7) is 6.03. The molecule has 106 valence electrons. The second-order valence-corrected chi connectivity index (χ2v) is 4.98. The van der Waals surface area contributed by atoms with Gasteiger partial charge in [0.05, 0.1) is 11.8 Å². The lowest BCUT2D eigenvalue weighted by atomic mass is 10.1. The normalized spacial score (nSPS) is 10.7. The van der Waals surface area contributed by atoms with E-state index in [4.69, 9.17) is 9.52 Å². The molecule has 0 atom stereocenters. The van der Waals surface area contributed by atoms with Gasteiger partial charge < -0.3 is 14.4 Å². The van der Waals surface area contributed by atoms with Crippen molar-refractivity contribution in [1.29, 1.82) is 0 Å². The highest BCUT2D eigenvalue weighted by atomic mass is 16.4. The van der Waals surface area contributed by atoms with Crippen LogP contribution in [0.1, 0.15) is 43.3 Å². The van der Waals surface area contributed by atoms with E-state index < -0.39 is 5.97 Å². The number of furan rings is 1. The maximum atomic E-state index is 12.4. The Balaban J connectivity index is 2.91. The van der Waals surface area contributed by atoms with Gasteiger partial charge in [-0.25, -0.2) is 0 Å². The smallest absolute Gasteiger partial charge is 0.323 e. The Hall–Kier alpha value is -1.78. The summed E-state index contributed by atoms with van der Waals surface area (Å²) in [5.41, 5.74) is 0.476. The molecule has 0 radical (unpaired) electrons. The Bertz CT molecular complexity index is 436. The number of hydrogen-bond donors (Lipinski definition) is 1. The third kappa shape index (κ3) is 4.43. The second kappa shape index (κ2) is 6.97. The van der Waals surface area contributed by atoms with Crippen LogP contribution < -0.4 is 0 Å². The number of carboxylic acids is 1. The number of amides is 1. The largest absolute Gasteiger partial charge is 0.480 e. The highest BCUT2D eigenvalue weighted by Crippen LogP contribution is 2.16. The molecule has 1 aromatic rings. The maximum absolute atomic E-state index is 12.4. The molecule has 1 amide bonds. The molecule has 0 aliphatic carbocycles. The lowest BCUT2D eigenvalue weighted by Crippen LogP contribution is -2.38. The standard InChI is InChI=1S/C14H21NO4/c1-4-5-12-11(6-7-19-12)14(18)15(8-10(2)3)9-13(16)17/h6-7,10H,4-5,8-9H2,1-3H3,(H,16,17). The highest BCUT2D eigenvalue weighted by molar-refractivity contribution is 5.96. The number of rotatable bonds is 7. The van der Waals surface area contributed by atoms with E-state index in [2.05, 4.69) is 0 Å². The molecule has 1 N–H and O–H groups in total. The van der Waals surface area contributed by atoms with Gasteiger partial charge in [-0.1, -0.05) is 20.8 Å². The number of carbonyl (C=O) groups is 2. The van der Waals surface area contributed by atoms with Crippen molar-refractivity contribution >= 4 is 11.9 Å². The van der Waals surface area contributed by atoms with Crippen molar-refractivity contribution < 1.29 is 19.1 Å². The molecule has 0 fully saturated rings. The molecule has 19 heavy (non-hydrogen) atoms. The molecule has 0 aliphatic rings. The Morgan fingerprint density at radius 1 is 1.42 bits per heavy atom. The Morgan fingerprint density at radius 2 is 2.11 bits per heavy atom. The summed E-state index contributed by atoms with van der Waals surface area (Å²) in [5.74, 6) is -0.431. The van der Waals surface area contributed by atoms with E-state index in [-0.39, 0.29) is 18.4 Å². The summed E-state index contributed by atoms with van der Waals surface area (Å²) in [6.07, 6.45) is 3.03. The fourth-order valence-corrected chi connectivity index (χ4v) is 1.95. The summed E-state index contributed by atoms with van der Waals surface area (Å²) in [6, 6.07) is 1.61. The molecule has 0 bridgehead atoms. The molecule has 1 rings (SSSR count). The van der Waals surface area contributed by atoms with E-state index in [0.717, 1.165) is 6.42 Å². The van der Waals surface area contributed by atoms with E-state index in [1.54, 1.807) is 6.07 Å². The number of carbonyl (C=O) groups excluding carboxylic acids is 1. The second-order valence-electron chi connectivity index (χ2n) is 4.98. The van der Waals surface area contributed by atoms with Crippen molar-refractivity contribution in [2.45, 2.75) is 33.6 Å². The van der Waals surface area contributed by atoms with E-state index in [0.29, 0.717) is 24.3 Å². The van der Waals surface area contributed by atoms with Gasteiger partial charge in [-0.05, 0) is 18.4 Å². The van der Waals surface area contributed by atoms with Crippen LogP contribution in [0, 0.1) is 5.92 Å². The molecular formula is C14H21NO4. The third-order valence-electron chi connectivity index (χ3n) is 2.65. The molecule has 0 unspecified atom stereocenters. The number of aryl methyl sites for hydroxylation is 1. The van der Waals surface area contributed by atoms with Gasteiger partial charge in [0.2, 0.25) is 0 Å². The summed E-state index contributed by atoms with van der Waals surface area (Å²) in [5, 5.41) is 8.90. The minimum absolute atomic E-state index is 0.213. The first-order valence-corrected chi connectivity index (χ1v) is 6.53. The number of aliphatic carboxylic acids is 1. The van der Waals surface area contributed by atoms with E-state index >= 15 is 0 Å². The predicted molar refractivity (Wildman–Crippen MR) is 71.1 cm³/mol. The fraction of sp³-hybridized carbons (Fsp3) is 0.571. The Morgan fingerprint density at radius 3 is 2.63 bits per heavy atom. The topological polar surface area (TPSA) is 70.8 Å². The molecule has 1 heterocycles. The number of hydrogen-bond acceptors (Lipinski definition) is 3. The van der Waals surface area contributed by atoms with Gasteiger partial charge in [0.1, 0.15) is 12.3 Å². The van der Waals surface area contributed by atoms with Gasteiger partial charge in [0.25, 0.3) is 5.91 Å². The third-order valence-corrected chi connectivity index (χ3v) is 2.65. The first kappa shape index (κ1) is 15.3. The van der Waals surface area contributed by atoms with Crippen LogP contribution in [-0.2, 0) is 11.2 Å². The Kier molecular flexibility index (Phi) is 5.60. The molecule has 1 aromatic heterocycles. The zero-order valence-electron chi connectivity index (χ0n) is 11.7. The highest BCUT2D eigenvalue weighted by Gasteiger charge is 2.23. The predicted octanol–water partition coefficient (Wildman–Crippen LogP) is 2.41. The van der Waals surface area contributed by atoms with Crippen LogP contribution in [0.25, 0.3) is 0 Å². The fourth-order valence-electron chi connectivity index (χ4n) is 1.95. The molecule has 5 nitrogen and oxygen atoms in total. The van der Waals surface area contributed by atoms with Crippen LogP contribution in [-0.4, -0.2) is 35.0 Å². The molecule has 0 aliphatic heterocycles. The van der Waals surface area contributed by atoms with E-state index in [1.165, 1.54) is 11.2 Å². The van der Waals surface area contributed by atoms with Crippen molar-refractivity contribution in [3.8, 4) is 0 Å². The summed E-state index contributed by atoms with van der Waals surface area (Å²) in [7, 11) is 0. The van der Waals surface area contributed by atoms with Crippen molar-refractivity contribution in [1.82, 2.24) is 4.90 Å². The van der Waals surface area contributed by atoms with Gasteiger partial charge >= 0.3 is 5.97 Å². The average Bonchev–Trinajstić information content (AvgIpc) is 2.74. The molecule has 0 saturated carbocycles. The maximum Gasteiger partial charge on any atom is 0.323 e. The van der Waals surface area contributed by atoms with Gasteiger partial charge in [0, 0.05) is 13.0 Å².